The molecule has 7 heteroatoms. The van der Waals surface area contributed by atoms with E-state index in [1.807, 2.05) is 50.2 Å². The van der Waals surface area contributed by atoms with Crippen LogP contribution in [0.15, 0.2) is 47.5 Å². The third-order valence-corrected chi connectivity index (χ3v) is 4.38. The minimum Gasteiger partial charge on any atom is -0.357 e. The second kappa shape index (κ2) is 5.34. The van der Waals surface area contributed by atoms with E-state index in [0.717, 1.165) is 22.5 Å². The van der Waals surface area contributed by atoms with Crippen molar-refractivity contribution in [2.45, 2.75) is 19.5 Å². The van der Waals surface area contributed by atoms with Crippen molar-refractivity contribution in [3.63, 3.8) is 0 Å². The fraction of sp³-hybridized carbons (Fsp3) is 0.167. The van der Waals surface area contributed by atoms with Crippen molar-refractivity contribution in [3.8, 4) is 0 Å². The number of aryl methyl sites for hydroxylation is 2. The minimum absolute atomic E-state index is 0.165. The molecule has 6 N–H and O–H groups in total. The zero-order valence-electron chi connectivity index (χ0n) is 14.0. The monoisotopic (exact) mass is 335 g/mol. The standard InChI is InChI=1S/C18H18N6O/c1-10-7-8-13(11(2)9-10)21-17-22-16(19)23-18(24-17)12-5-3-4-6-14(12)20-15(18)25/h3-9H,1-2H3,(H,20,25)(H4,19,21,22,23,24)/p+1/t18-/m1/s1. The first-order valence-electron chi connectivity index (χ1n) is 8.01. The first-order valence-corrected chi connectivity index (χ1v) is 8.01. The number of nitrogens with two attached hydrogens (primary N) is 1. The van der Waals surface area contributed by atoms with Gasteiger partial charge in [-0.05, 0) is 31.5 Å². The fourth-order valence-electron chi connectivity index (χ4n) is 3.21. The summed E-state index contributed by atoms with van der Waals surface area (Å²) in [6.45, 7) is 4.06. The number of fused-ring (bicyclic) bond motifs is 2. The van der Waals surface area contributed by atoms with Gasteiger partial charge in [0.2, 0.25) is 0 Å². The summed E-state index contributed by atoms with van der Waals surface area (Å²) in [4.78, 5) is 20.2. The van der Waals surface area contributed by atoms with Gasteiger partial charge < -0.3 is 11.1 Å². The molecule has 4 rings (SSSR count). The first kappa shape index (κ1) is 15.2. The summed E-state index contributed by atoms with van der Waals surface area (Å²) < 4.78 is 0. The summed E-state index contributed by atoms with van der Waals surface area (Å²) >= 11 is 0. The molecule has 0 unspecified atom stereocenters. The van der Waals surface area contributed by atoms with Crippen LogP contribution in [0.1, 0.15) is 16.7 Å². The van der Waals surface area contributed by atoms with Gasteiger partial charge in [0.05, 0.1) is 5.69 Å². The molecule has 0 fully saturated rings. The van der Waals surface area contributed by atoms with Gasteiger partial charge in [0, 0.05) is 5.56 Å². The number of hydrogen-bond donors (Lipinski definition) is 5. The van der Waals surface area contributed by atoms with Crippen LogP contribution in [0.5, 0.6) is 0 Å². The van der Waals surface area contributed by atoms with Crippen molar-refractivity contribution >= 4 is 29.2 Å². The summed E-state index contributed by atoms with van der Waals surface area (Å²) in [7, 11) is 0. The summed E-state index contributed by atoms with van der Waals surface area (Å²) in [6, 6.07) is 13.5. The van der Waals surface area contributed by atoms with Gasteiger partial charge in [0.15, 0.2) is 0 Å². The van der Waals surface area contributed by atoms with E-state index < -0.39 is 5.66 Å². The van der Waals surface area contributed by atoms with Crippen LogP contribution in [0.25, 0.3) is 0 Å². The van der Waals surface area contributed by atoms with Gasteiger partial charge in [-0.3, -0.25) is 4.79 Å². The number of rotatable bonds is 1. The Morgan fingerprint density at radius 3 is 2.76 bits per heavy atom. The smallest absolute Gasteiger partial charge is 0.357 e. The lowest BCUT2D eigenvalue weighted by Crippen LogP contribution is -2.92. The number of hydrogen-bond acceptors (Lipinski definition) is 5. The van der Waals surface area contributed by atoms with Gasteiger partial charge in [-0.25, -0.2) is 15.6 Å². The highest BCUT2D eigenvalue weighted by Gasteiger charge is 2.51. The molecule has 126 valence electrons. The number of nitrogens with one attached hydrogen (secondary N) is 4. The van der Waals surface area contributed by atoms with Crippen molar-refractivity contribution in [1.29, 1.82) is 0 Å². The highest BCUT2D eigenvalue weighted by atomic mass is 16.2. The van der Waals surface area contributed by atoms with Crippen LogP contribution in [0.4, 0.5) is 11.4 Å². The minimum atomic E-state index is -1.27. The highest BCUT2D eigenvalue weighted by Crippen LogP contribution is 2.33. The third-order valence-electron chi connectivity index (χ3n) is 4.38. The molecule has 0 radical (unpaired) electrons. The summed E-state index contributed by atoms with van der Waals surface area (Å²) in [5, 5.41) is 9.06. The maximum atomic E-state index is 12.7. The predicted octanol–water partition coefficient (Wildman–Crippen LogP) is -0.125. The number of aliphatic imine (C=N–C) groups is 1. The van der Waals surface area contributed by atoms with Crippen LogP contribution in [-0.2, 0) is 10.5 Å². The lowest BCUT2D eigenvalue weighted by atomic mass is 10.0. The van der Waals surface area contributed by atoms with Crippen molar-refractivity contribution in [2.75, 3.05) is 10.6 Å². The van der Waals surface area contributed by atoms with E-state index in [0.29, 0.717) is 5.96 Å². The van der Waals surface area contributed by atoms with Gasteiger partial charge in [-0.2, -0.15) is 4.99 Å². The highest BCUT2D eigenvalue weighted by molar-refractivity contribution is 6.09. The van der Waals surface area contributed by atoms with Crippen molar-refractivity contribution in [2.24, 2.45) is 10.7 Å². The SMILES string of the molecule is Cc1ccc(NC2=[NH+][C@@]3(N=C(N)N2)C(=O)Nc2ccccc23)c(C)c1. The second-order valence-electron chi connectivity index (χ2n) is 6.28. The van der Waals surface area contributed by atoms with Crippen molar-refractivity contribution in [3.05, 3.63) is 59.2 Å². The molecule has 0 bridgehead atoms. The Hall–Kier alpha value is -3.35. The van der Waals surface area contributed by atoms with Crippen LogP contribution >= 0.6 is 0 Å². The largest absolute Gasteiger partial charge is 0.358 e. The third kappa shape index (κ3) is 2.40. The first-order chi connectivity index (χ1) is 12.0. The Labute approximate surface area is 145 Å². The molecule has 2 aliphatic heterocycles. The van der Waals surface area contributed by atoms with E-state index in [1.165, 1.54) is 5.56 Å². The maximum Gasteiger partial charge on any atom is 0.358 e. The molecule has 1 spiro atoms. The van der Waals surface area contributed by atoms with Gasteiger partial charge >= 0.3 is 5.96 Å². The Morgan fingerprint density at radius 2 is 1.96 bits per heavy atom. The molecule has 1 atom stereocenters. The molecule has 0 aromatic heterocycles. The molecule has 7 nitrogen and oxygen atoms in total. The molecule has 0 saturated carbocycles. The van der Waals surface area contributed by atoms with Crippen LogP contribution in [0.2, 0.25) is 0 Å². The van der Waals surface area contributed by atoms with Gasteiger partial charge in [0.25, 0.3) is 17.5 Å². The molecule has 2 aliphatic rings. The Balaban J connectivity index is 1.77. The van der Waals surface area contributed by atoms with Gasteiger partial charge in [0.1, 0.15) is 5.69 Å². The van der Waals surface area contributed by atoms with Crippen LogP contribution in [0.3, 0.4) is 0 Å². The molecule has 0 aliphatic carbocycles. The number of carbonyl (C=O) groups excluding carboxylic acids is 1. The van der Waals surface area contributed by atoms with Crippen molar-refractivity contribution in [1.82, 2.24) is 5.32 Å². The number of nitrogens with zero attached hydrogens (tertiary/aromatic N) is 1. The average molecular weight is 335 g/mol. The van der Waals surface area contributed by atoms with E-state index in [4.69, 9.17) is 5.73 Å². The average Bonchev–Trinajstić information content (AvgIpc) is 2.82. The normalized spacial score (nSPS) is 21.1. The maximum absolute atomic E-state index is 12.7. The summed E-state index contributed by atoms with van der Waals surface area (Å²) in [6.07, 6.45) is 0. The number of amides is 1. The van der Waals surface area contributed by atoms with E-state index in [1.54, 1.807) is 0 Å². The Bertz CT molecular complexity index is 948. The van der Waals surface area contributed by atoms with Crippen LogP contribution < -0.4 is 26.7 Å². The lowest BCUT2D eigenvalue weighted by Gasteiger charge is -2.22. The van der Waals surface area contributed by atoms with E-state index in [2.05, 4.69) is 32.0 Å². The lowest BCUT2D eigenvalue weighted by molar-refractivity contribution is -0.544. The zero-order valence-corrected chi connectivity index (χ0v) is 14.0. The number of para-hydroxylation sites is 1. The number of guanidine groups is 2. The predicted molar refractivity (Wildman–Crippen MR) is 97.0 cm³/mol. The molecule has 25 heavy (non-hydrogen) atoms. The number of anilines is 2. The summed E-state index contributed by atoms with van der Waals surface area (Å²) in [5.41, 5.74) is 9.35. The molecule has 2 heterocycles. The van der Waals surface area contributed by atoms with Crippen LogP contribution in [-0.4, -0.2) is 17.8 Å². The Morgan fingerprint density at radius 1 is 1.16 bits per heavy atom. The topological polar surface area (TPSA) is 106 Å². The zero-order chi connectivity index (χ0) is 17.6. The van der Waals surface area contributed by atoms with Crippen molar-refractivity contribution < 1.29 is 9.79 Å². The van der Waals surface area contributed by atoms with E-state index in [9.17, 15) is 4.79 Å². The molecule has 2 aromatic carbocycles. The van der Waals surface area contributed by atoms with E-state index >= 15 is 0 Å². The fourth-order valence-corrected chi connectivity index (χ4v) is 3.21. The Kier molecular flexibility index (Phi) is 3.24. The molecule has 1 amide bonds. The summed E-state index contributed by atoms with van der Waals surface area (Å²) in [5.74, 6) is 0.405. The number of carbonyl (C=O) groups is 1. The molecule has 2 aromatic rings. The van der Waals surface area contributed by atoms with E-state index in [-0.39, 0.29) is 11.9 Å². The second-order valence-corrected chi connectivity index (χ2v) is 6.28. The number of benzene rings is 2. The molecular formula is C18H19N6O+. The van der Waals surface area contributed by atoms with Gasteiger partial charge in [-0.15, -0.1) is 0 Å². The van der Waals surface area contributed by atoms with Crippen LogP contribution in [0, 0.1) is 13.8 Å². The van der Waals surface area contributed by atoms with Gasteiger partial charge in [-0.1, -0.05) is 35.9 Å². The quantitative estimate of drug-likeness (QED) is 0.501. The molecular weight excluding hydrogens is 316 g/mol. The molecule has 0 saturated heterocycles.